The average molecular weight is 851 g/mol. The van der Waals surface area contributed by atoms with Gasteiger partial charge in [-0.1, -0.05) is 12.2 Å². The highest BCUT2D eigenvalue weighted by Gasteiger charge is 2.42. The quantitative estimate of drug-likeness (QED) is 0.0749. The first-order chi connectivity index (χ1) is 29.9. The van der Waals surface area contributed by atoms with Gasteiger partial charge in [-0.3, -0.25) is 39.2 Å². The van der Waals surface area contributed by atoms with Crippen LogP contribution >= 0.6 is 0 Å². The van der Waals surface area contributed by atoms with Crippen molar-refractivity contribution in [3.05, 3.63) is 88.2 Å². The molecule has 7 N–H and O–H groups in total. The van der Waals surface area contributed by atoms with Crippen molar-refractivity contribution in [1.29, 1.82) is 0 Å². The molecule has 20 nitrogen and oxygen atoms in total. The number of nitrogens with two attached hydrogens (primary N) is 2. The number of hydrogen-bond acceptors (Lipinski definition) is 13. The number of imidazole rings is 1. The van der Waals surface area contributed by atoms with E-state index in [2.05, 4.69) is 31.0 Å². The summed E-state index contributed by atoms with van der Waals surface area (Å²) in [4.78, 5) is 66.2. The molecule has 0 bridgehead atoms. The van der Waals surface area contributed by atoms with Gasteiger partial charge >= 0.3 is 0 Å². The van der Waals surface area contributed by atoms with Crippen molar-refractivity contribution in [2.24, 2.45) is 16.5 Å². The molecular weight excluding hydrogens is 797 g/mol. The second-order valence-electron chi connectivity index (χ2n) is 15.2. The molecule has 1 saturated heterocycles. The van der Waals surface area contributed by atoms with Crippen molar-refractivity contribution >= 4 is 46.6 Å². The molecular formula is C42H54N14O6. The zero-order valence-corrected chi connectivity index (χ0v) is 35.7. The van der Waals surface area contributed by atoms with E-state index >= 15 is 0 Å². The zero-order valence-electron chi connectivity index (χ0n) is 35.7. The number of fused-ring (bicyclic) bond motifs is 2. The number of anilines is 1. The molecule has 0 saturated carbocycles. The van der Waals surface area contributed by atoms with E-state index in [1.807, 2.05) is 44.7 Å². The van der Waals surface area contributed by atoms with Crippen molar-refractivity contribution in [2.75, 3.05) is 58.3 Å². The van der Waals surface area contributed by atoms with Gasteiger partial charge < -0.3 is 40.6 Å². The Labute approximate surface area is 358 Å². The van der Waals surface area contributed by atoms with Crippen LogP contribution in [0.15, 0.2) is 64.9 Å². The van der Waals surface area contributed by atoms with Crippen molar-refractivity contribution in [2.45, 2.75) is 65.8 Å². The second-order valence-corrected chi connectivity index (χ2v) is 15.2. The molecule has 2 atom stereocenters. The van der Waals surface area contributed by atoms with Crippen molar-refractivity contribution < 1.29 is 28.7 Å². The largest absolute Gasteiger partial charge is 0.496 e. The van der Waals surface area contributed by atoms with Crippen LogP contribution in [-0.2, 0) is 29.2 Å². The maximum atomic E-state index is 13.8. The summed E-state index contributed by atoms with van der Waals surface area (Å²) in [5.41, 5.74) is 14.9. The lowest BCUT2D eigenvalue weighted by Crippen LogP contribution is -2.48. The SMILES string of the molecule is CCn1nc(C)cc1C(=O)NC1=NC2C=C(C(N)=O)C=C(OCCCN3CCNCC3)C2N1C/C=C/Cn1c(NC(=O)c2cc(C)nn2CC)nc2cc(C(N)=O)cc(OC)c21. The van der Waals surface area contributed by atoms with Gasteiger partial charge in [-0.25, -0.2) is 9.98 Å². The van der Waals surface area contributed by atoms with Crippen LogP contribution in [0.5, 0.6) is 5.75 Å². The lowest BCUT2D eigenvalue weighted by Gasteiger charge is -2.33. The van der Waals surface area contributed by atoms with Gasteiger partial charge in [0.15, 0.2) is 0 Å². The van der Waals surface area contributed by atoms with E-state index < -0.39 is 35.7 Å². The topological polar surface area (TPSA) is 247 Å². The van der Waals surface area contributed by atoms with Crippen LogP contribution in [0.2, 0.25) is 0 Å². The molecule has 4 amide bonds. The van der Waals surface area contributed by atoms with E-state index in [-0.39, 0.29) is 36.1 Å². The van der Waals surface area contributed by atoms with Gasteiger partial charge in [0, 0.05) is 70.0 Å². The first-order valence-corrected chi connectivity index (χ1v) is 20.8. The third-order valence-electron chi connectivity index (χ3n) is 10.9. The molecule has 0 radical (unpaired) electrons. The summed E-state index contributed by atoms with van der Waals surface area (Å²) in [6, 6.07) is 5.37. The predicted molar refractivity (Wildman–Crippen MR) is 232 cm³/mol. The highest BCUT2D eigenvalue weighted by molar-refractivity contribution is 6.06. The molecule has 2 unspecified atom stereocenters. The first kappa shape index (κ1) is 43.3. The molecule has 1 fully saturated rings. The Morgan fingerprint density at radius 3 is 2.19 bits per heavy atom. The number of methoxy groups -OCH3 is 1. The maximum absolute atomic E-state index is 13.8. The second kappa shape index (κ2) is 18.9. The van der Waals surface area contributed by atoms with E-state index in [0.29, 0.717) is 65.0 Å². The predicted octanol–water partition coefficient (Wildman–Crippen LogP) is 1.46. The Balaban J connectivity index is 1.19. The van der Waals surface area contributed by atoms with E-state index in [9.17, 15) is 19.2 Å². The van der Waals surface area contributed by atoms with Gasteiger partial charge in [-0.2, -0.15) is 10.2 Å². The summed E-state index contributed by atoms with van der Waals surface area (Å²) in [5.74, 6) is -0.783. The van der Waals surface area contributed by atoms with E-state index in [0.717, 1.165) is 39.1 Å². The molecule has 7 rings (SSSR count). The van der Waals surface area contributed by atoms with Gasteiger partial charge in [0.25, 0.3) is 11.8 Å². The third-order valence-corrected chi connectivity index (χ3v) is 10.9. The normalized spacial score (nSPS) is 17.8. The lowest BCUT2D eigenvalue weighted by atomic mass is 9.96. The van der Waals surface area contributed by atoms with Crippen LogP contribution in [0.4, 0.5) is 5.95 Å². The minimum atomic E-state index is -0.659. The first-order valence-electron chi connectivity index (χ1n) is 20.8. The molecule has 2 aliphatic heterocycles. The van der Waals surface area contributed by atoms with Crippen LogP contribution in [0.3, 0.4) is 0 Å². The molecule has 0 spiro atoms. The molecule has 3 aliphatic rings. The summed E-state index contributed by atoms with van der Waals surface area (Å²) >= 11 is 0. The number of hydrogen-bond donors (Lipinski definition) is 5. The third kappa shape index (κ3) is 9.25. The number of aliphatic imine (C=N–C) groups is 1. The Morgan fingerprint density at radius 1 is 0.903 bits per heavy atom. The Morgan fingerprint density at radius 2 is 1.56 bits per heavy atom. The average Bonchev–Trinajstić information content (AvgIpc) is 4.03. The molecule has 1 aromatic carbocycles. The van der Waals surface area contributed by atoms with Crippen LogP contribution in [-0.4, -0.2) is 134 Å². The fraction of sp³-hybridized carbons (Fsp3) is 0.429. The minimum absolute atomic E-state index is 0.192. The van der Waals surface area contributed by atoms with Crippen molar-refractivity contribution in [3.8, 4) is 5.75 Å². The fourth-order valence-corrected chi connectivity index (χ4v) is 7.96. The number of amides is 4. The number of carbonyl (C=O) groups excluding carboxylic acids is 4. The number of nitrogens with zero attached hydrogens (tertiary/aromatic N) is 9. The Kier molecular flexibility index (Phi) is 13.2. The number of primary amides is 2. The summed E-state index contributed by atoms with van der Waals surface area (Å²) < 4.78 is 17.2. The summed E-state index contributed by atoms with van der Waals surface area (Å²) in [7, 11) is 1.47. The number of guanidine groups is 1. The smallest absolute Gasteiger partial charge is 0.276 e. The van der Waals surface area contributed by atoms with Gasteiger partial charge in [-0.05, 0) is 70.5 Å². The fourth-order valence-electron chi connectivity index (χ4n) is 7.96. The molecule has 20 heteroatoms. The highest BCUT2D eigenvalue weighted by Crippen LogP contribution is 2.33. The van der Waals surface area contributed by atoms with Crippen molar-refractivity contribution in [3.63, 3.8) is 0 Å². The number of carbonyl (C=O) groups is 4. The summed E-state index contributed by atoms with van der Waals surface area (Å²) in [6.45, 7) is 13.9. The number of ether oxygens (including phenoxy) is 2. The number of rotatable bonds is 17. The molecule has 1 aliphatic carbocycles. The van der Waals surface area contributed by atoms with Crippen LogP contribution in [0, 0.1) is 13.8 Å². The lowest BCUT2D eigenvalue weighted by molar-refractivity contribution is -0.114. The van der Waals surface area contributed by atoms with Crippen LogP contribution in [0.1, 0.15) is 63.0 Å². The Hall–Kier alpha value is -6.80. The summed E-state index contributed by atoms with van der Waals surface area (Å²) in [6.07, 6.45) is 7.90. The van der Waals surface area contributed by atoms with Gasteiger partial charge in [0.2, 0.25) is 23.7 Å². The number of benzene rings is 1. The van der Waals surface area contributed by atoms with Gasteiger partial charge in [0.05, 0.1) is 30.6 Å². The Bertz CT molecular complexity index is 2490. The molecule has 328 valence electrons. The molecule has 3 aromatic heterocycles. The number of aromatic nitrogens is 6. The van der Waals surface area contributed by atoms with E-state index in [1.54, 1.807) is 44.3 Å². The maximum Gasteiger partial charge on any atom is 0.276 e. The number of piperazine rings is 1. The van der Waals surface area contributed by atoms with E-state index in [4.69, 9.17) is 30.9 Å². The zero-order chi connectivity index (χ0) is 44.1. The van der Waals surface area contributed by atoms with Crippen molar-refractivity contribution in [1.82, 2.24) is 49.5 Å². The van der Waals surface area contributed by atoms with Crippen LogP contribution in [0.25, 0.3) is 11.0 Å². The standard InChI is InChI=1S/C42H54N14O6/c1-6-55-31(19-25(3)50-55)39(59)48-41-46-29-21-27(37(43)57)23-33(61-5)35(29)53(41)14-8-9-15-54-36-30(47-42(54)49-40(60)32-20-26(4)51-56(32)7-2)22-28(38(44)58)24-34(36)62-18-10-13-52-16-11-45-12-17-52/h8-9,19-24,30,36,45H,6-7,10-18H2,1-5H3,(H2,43,57)(H2,44,58)(H,46,48,59)(H,47,49,60)/b9-8+. The summed E-state index contributed by atoms with van der Waals surface area (Å²) in [5, 5.41) is 18.2. The minimum Gasteiger partial charge on any atom is -0.496 e. The van der Waals surface area contributed by atoms with E-state index in [1.165, 1.54) is 13.2 Å². The van der Waals surface area contributed by atoms with Gasteiger partial charge in [-0.15, -0.1) is 0 Å². The number of nitrogens with one attached hydrogen (secondary N) is 3. The van der Waals surface area contributed by atoms with Gasteiger partial charge in [0.1, 0.15) is 40.5 Å². The molecule has 62 heavy (non-hydrogen) atoms. The van der Waals surface area contributed by atoms with Crippen LogP contribution < -0.4 is 32.2 Å². The number of aryl methyl sites for hydroxylation is 4. The monoisotopic (exact) mass is 850 g/mol. The number of allylic oxidation sites excluding steroid dienone is 1. The highest BCUT2D eigenvalue weighted by atomic mass is 16.5. The molecule has 5 heterocycles. The molecule has 4 aromatic rings.